The van der Waals surface area contributed by atoms with Gasteiger partial charge >= 0.3 is 0 Å². The van der Waals surface area contributed by atoms with Gasteiger partial charge in [-0.05, 0) is 24.1 Å². The van der Waals surface area contributed by atoms with E-state index in [1.54, 1.807) is 13.0 Å². The van der Waals surface area contributed by atoms with E-state index >= 15 is 0 Å². The molecule has 3 rings (SSSR count). The number of nitrogens with zero attached hydrogens (tertiary/aromatic N) is 4. The zero-order chi connectivity index (χ0) is 18.0. The van der Waals surface area contributed by atoms with Gasteiger partial charge in [0.25, 0.3) is 0 Å². The molecule has 6 heteroatoms. The predicted octanol–water partition coefficient (Wildman–Crippen LogP) is 1.68. The summed E-state index contributed by atoms with van der Waals surface area (Å²) in [5.74, 6) is 0.407. The lowest BCUT2D eigenvalue weighted by molar-refractivity contribution is -0.130. The molecular formula is C19H25FN4O. The van der Waals surface area contributed by atoms with Crippen LogP contribution in [0, 0.1) is 23.1 Å². The maximum absolute atomic E-state index is 14.0. The van der Waals surface area contributed by atoms with Crippen molar-refractivity contribution in [2.24, 2.45) is 5.92 Å². The number of hydrogen-bond acceptors (Lipinski definition) is 4. The zero-order valence-electron chi connectivity index (χ0n) is 14.9. The van der Waals surface area contributed by atoms with Crippen LogP contribution < -0.4 is 0 Å². The van der Waals surface area contributed by atoms with Gasteiger partial charge in [0.2, 0.25) is 5.91 Å². The lowest BCUT2D eigenvalue weighted by atomic mass is 10.0. The Kier molecular flexibility index (Phi) is 5.36. The number of benzene rings is 1. The number of likely N-dealkylation sites (tertiary alicyclic amines) is 1. The molecule has 0 aliphatic carbocycles. The Bertz CT molecular complexity index is 678. The topological polar surface area (TPSA) is 50.6 Å². The van der Waals surface area contributed by atoms with Crippen LogP contribution in [-0.2, 0) is 11.3 Å². The largest absolute Gasteiger partial charge is 0.340 e. The van der Waals surface area contributed by atoms with Crippen molar-refractivity contribution in [3.05, 3.63) is 35.1 Å². The fourth-order valence-electron chi connectivity index (χ4n) is 4.03. The van der Waals surface area contributed by atoms with Gasteiger partial charge in [0.1, 0.15) is 5.82 Å². The number of piperazine rings is 1. The highest BCUT2D eigenvalue weighted by atomic mass is 19.1. The van der Waals surface area contributed by atoms with Gasteiger partial charge in [0.05, 0.1) is 11.6 Å². The Balaban J connectivity index is 1.61. The highest BCUT2D eigenvalue weighted by Gasteiger charge is 2.35. The second-order valence-electron chi connectivity index (χ2n) is 7.20. The minimum Gasteiger partial charge on any atom is -0.340 e. The number of rotatable bonds is 3. The number of carbonyl (C=O) groups is 1. The first-order valence-electron chi connectivity index (χ1n) is 8.88. The molecule has 2 aliphatic heterocycles. The van der Waals surface area contributed by atoms with Crippen LogP contribution in [0.3, 0.4) is 0 Å². The van der Waals surface area contributed by atoms with E-state index in [1.165, 1.54) is 12.1 Å². The van der Waals surface area contributed by atoms with Gasteiger partial charge in [0.15, 0.2) is 0 Å². The Morgan fingerprint density at radius 2 is 2.00 bits per heavy atom. The molecule has 134 valence electrons. The average molecular weight is 344 g/mol. The summed E-state index contributed by atoms with van der Waals surface area (Å²) in [6.45, 7) is 9.61. The van der Waals surface area contributed by atoms with E-state index in [2.05, 4.69) is 22.8 Å². The van der Waals surface area contributed by atoms with E-state index in [1.807, 2.05) is 4.90 Å². The first kappa shape index (κ1) is 17.8. The van der Waals surface area contributed by atoms with Gasteiger partial charge < -0.3 is 4.90 Å². The van der Waals surface area contributed by atoms with Crippen molar-refractivity contribution < 1.29 is 9.18 Å². The molecule has 1 aromatic carbocycles. The number of nitriles is 1. The Labute approximate surface area is 148 Å². The molecular weight excluding hydrogens is 319 g/mol. The monoisotopic (exact) mass is 344 g/mol. The standard InChI is InChI=1S/C19H25FN4O/c1-14-11-22(12-17-9-16(10-21)3-4-18(17)20)13-19(14)24-7-5-23(6-8-24)15(2)25/h3-4,9,14,19H,5-8,11-13H2,1-2H3/t14-,19-/m0/s1. The van der Waals surface area contributed by atoms with Crippen molar-refractivity contribution in [1.82, 2.24) is 14.7 Å². The van der Waals surface area contributed by atoms with Gasteiger partial charge in [0, 0.05) is 64.3 Å². The lowest BCUT2D eigenvalue weighted by Gasteiger charge is -2.39. The summed E-state index contributed by atoms with van der Waals surface area (Å²) in [6, 6.07) is 7.07. The fraction of sp³-hybridized carbons (Fsp3) is 0.579. The minimum absolute atomic E-state index is 0.147. The summed E-state index contributed by atoms with van der Waals surface area (Å²) < 4.78 is 14.0. The van der Waals surface area contributed by atoms with Gasteiger partial charge in [-0.25, -0.2) is 4.39 Å². The van der Waals surface area contributed by atoms with Gasteiger partial charge in [-0.1, -0.05) is 6.92 Å². The predicted molar refractivity (Wildman–Crippen MR) is 93.2 cm³/mol. The first-order chi connectivity index (χ1) is 12.0. The Morgan fingerprint density at radius 3 is 2.64 bits per heavy atom. The Hall–Kier alpha value is -1.97. The third kappa shape index (κ3) is 4.00. The van der Waals surface area contributed by atoms with Crippen molar-refractivity contribution in [3.63, 3.8) is 0 Å². The molecule has 2 aliphatic rings. The third-order valence-electron chi connectivity index (χ3n) is 5.45. The molecule has 0 spiro atoms. The van der Waals surface area contributed by atoms with Crippen LogP contribution in [-0.4, -0.2) is 65.9 Å². The maximum Gasteiger partial charge on any atom is 0.219 e. The fourth-order valence-corrected chi connectivity index (χ4v) is 4.03. The van der Waals surface area contributed by atoms with Gasteiger partial charge in [-0.15, -0.1) is 0 Å². The second kappa shape index (κ2) is 7.51. The molecule has 2 heterocycles. The first-order valence-corrected chi connectivity index (χ1v) is 8.88. The highest BCUT2D eigenvalue weighted by molar-refractivity contribution is 5.73. The molecule has 2 fully saturated rings. The summed E-state index contributed by atoms with van der Waals surface area (Å²) >= 11 is 0. The summed E-state index contributed by atoms with van der Waals surface area (Å²) in [5, 5.41) is 9.01. The normalized spacial score (nSPS) is 25.1. The molecule has 2 saturated heterocycles. The van der Waals surface area contributed by atoms with Crippen LogP contribution in [0.4, 0.5) is 4.39 Å². The molecule has 0 bridgehead atoms. The van der Waals surface area contributed by atoms with Crippen LogP contribution >= 0.6 is 0 Å². The summed E-state index contributed by atoms with van der Waals surface area (Å²) in [7, 11) is 0. The molecule has 0 saturated carbocycles. The number of carbonyl (C=O) groups excluding carboxylic acids is 1. The van der Waals surface area contributed by atoms with Crippen molar-refractivity contribution >= 4 is 5.91 Å². The van der Waals surface area contributed by atoms with Crippen molar-refractivity contribution in [2.45, 2.75) is 26.4 Å². The van der Waals surface area contributed by atoms with Crippen LogP contribution in [0.5, 0.6) is 0 Å². The lowest BCUT2D eigenvalue weighted by Crippen LogP contribution is -2.53. The summed E-state index contributed by atoms with van der Waals surface area (Å²) in [5.41, 5.74) is 1.09. The number of halogens is 1. The second-order valence-corrected chi connectivity index (χ2v) is 7.20. The van der Waals surface area contributed by atoms with E-state index in [0.29, 0.717) is 29.6 Å². The van der Waals surface area contributed by atoms with Crippen molar-refractivity contribution in [1.29, 1.82) is 5.26 Å². The molecule has 0 radical (unpaired) electrons. The van der Waals surface area contributed by atoms with Crippen molar-refractivity contribution in [3.8, 4) is 6.07 Å². The van der Waals surface area contributed by atoms with E-state index < -0.39 is 0 Å². The molecule has 0 N–H and O–H groups in total. The SMILES string of the molecule is CC(=O)N1CCN([C@H]2CN(Cc3cc(C#N)ccc3F)C[C@@H]2C)CC1. The Morgan fingerprint density at radius 1 is 1.28 bits per heavy atom. The van der Waals surface area contributed by atoms with E-state index in [4.69, 9.17) is 5.26 Å². The summed E-state index contributed by atoms with van der Waals surface area (Å²) in [6.07, 6.45) is 0. The quantitative estimate of drug-likeness (QED) is 0.837. The van der Waals surface area contributed by atoms with Crippen molar-refractivity contribution in [2.75, 3.05) is 39.3 Å². The van der Waals surface area contributed by atoms with Gasteiger partial charge in [-0.3, -0.25) is 14.6 Å². The molecule has 5 nitrogen and oxygen atoms in total. The van der Waals surface area contributed by atoms with Gasteiger partial charge in [-0.2, -0.15) is 5.26 Å². The van der Waals surface area contributed by atoms with Crippen LogP contribution in [0.15, 0.2) is 18.2 Å². The number of amides is 1. The zero-order valence-corrected chi connectivity index (χ0v) is 14.9. The molecule has 2 atom stereocenters. The maximum atomic E-state index is 14.0. The van der Waals surface area contributed by atoms with E-state index in [-0.39, 0.29) is 11.7 Å². The molecule has 1 aromatic rings. The molecule has 25 heavy (non-hydrogen) atoms. The molecule has 0 unspecified atom stereocenters. The van der Waals surface area contributed by atoms with Crippen LogP contribution in [0.1, 0.15) is 25.0 Å². The average Bonchev–Trinajstić information content (AvgIpc) is 2.97. The van der Waals surface area contributed by atoms with E-state index in [0.717, 1.165) is 39.3 Å². The summed E-state index contributed by atoms with van der Waals surface area (Å²) in [4.78, 5) is 18.1. The minimum atomic E-state index is -0.245. The number of hydrogen-bond donors (Lipinski definition) is 0. The third-order valence-corrected chi connectivity index (χ3v) is 5.45. The smallest absolute Gasteiger partial charge is 0.219 e. The molecule has 1 amide bonds. The van der Waals surface area contributed by atoms with Crippen LogP contribution in [0.25, 0.3) is 0 Å². The van der Waals surface area contributed by atoms with Crippen LogP contribution in [0.2, 0.25) is 0 Å². The molecule has 0 aromatic heterocycles. The van der Waals surface area contributed by atoms with E-state index in [9.17, 15) is 9.18 Å². The highest BCUT2D eigenvalue weighted by Crippen LogP contribution is 2.25.